The van der Waals surface area contributed by atoms with Crippen molar-refractivity contribution < 1.29 is 23.1 Å². The molecule has 2 aromatic rings. The van der Waals surface area contributed by atoms with E-state index in [1.807, 2.05) is 12.1 Å². The second kappa shape index (κ2) is 8.23. The first-order valence-electron chi connectivity index (χ1n) is 11.0. The van der Waals surface area contributed by atoms with Crippen LogP contribution in [0.2, 0.25) is 0 Å². The predicted octanol–water partition coefficient (Wildman–Crippen LogP) is 3.02. The number of carboxylic acid groups (broad SMARTS) is 1. The van der Waals surface area contributed by atoms with E-state index in [4.69, 9.17) is 9.84 Å². The van der Waals surface area contributed by atoms with E-state index in [1.54, 1.807) is 12.1 Å². The summed E-state index contributed by atoms with van der Waals surface area (Å²) in [6, 6.07) is 7.19. The van der Waals surface area contributed by atoms with Gasteiger partial charge in [-0.3, -0.25) is 0 Å². The lowest BCUT2D eigenvalue weighted by atomic mass is 10.00. The quantitative estimate of drug-likeness (QED) is 0.728. The maximum Gasteiger partial charge on any atom is 0.407 e. The largest absolute Gasteiger partial charge is 0.474 e. The third-order valence-electron chi connectivity index (χ3n) is 6.67. The van der Waals surface area contributed by atoms with Crippen molar-refractivity contribution in [1.82, 2.24) is 14.9 Å². The topological polar surface area (TPSA) is 113 Å². The van der Waals surface area contributed by atoms with E-state index >= 15 is 0 Å². The number of fused-ring (bicyclic) bond motifs is 1. The van der Waals surface area contributed by atoms with Crippen molar-refractivity contribution in [2.24, 2.45) is 0 Å². The number of sulfone groups is 1. The molecule has 1 aromatic carbocycles. The van der Waals surface area contributed by atoms with Gasteiger partial charge in [-0.2, -0.15) is 0 Å². The molecule has 5 rings (SSSR count). The Labute approximate surface area is 187 Å². The fourth-order valence-corrected chi connectivity index (χ4v) is 6.45. The van der Waals surface area contributed by atoms with Gasteiger partial charge in [-0.1, -0.05) is 6.42 Å². The number of carbonyl (C=O) groups is 1. The van der Waals surface area contributed by atoms with E-state index in [2.05, 4.69) is 14.9 Å². The van der Waals surface area contributed by atoms with Crippen LogP contribution in [0.3, 0.4) is 0 Å². The van der Waals surface area contributed by atoms with E-state index in [0.717, 1.165) is 36.9 Å². The lowest BCUT2D eigenvalue weighted by molar-refractivity contribution is 0.0870. The second-order valence-electron chi connectivity index (χ2n) is 8.59. The maximum atomic E-state index is 12.8. The molecule has 9 nitrogen and oxygen atoms in total. The van der Waals surface area contributed by atoms with Crippen molar-refractivity contribution in [3.8, 4) is 5.88 Å². The Bertz CT molecular complexity index is 1130. The highest BCUT2D eigenvalue weighted by Crippen LogP contribution is 2.38. The number of rotatable bonds is 5. The van der Waals surface area contributed by atoms with Gasteiger partial charge in [0.25, 0.3) is 0 Å². The summed E-state index contributed by atoms with van der Waals surface area (Å²) in [7, 11) is -3.24. The number of aromatic nitrogens is 2. The minimum absolute atomic E-state index is 0.0847. The minimum Gasteiger partial charge on any atom is -0.474 e. The van der Waals surface area contributed by atoms with Gasteiger partial charge in [0.15, 0.2) is 9.84 Å². The van der Waals surface area contributed by atoms with Crippen LogP contribution in [-0.4, -0.2) is 65.5 Å². The van der Waals surface area contributed by atoms with E-state index in [9.17, 15) is 13.2 Å². The van der Waals surface area contributed by atoms with Crippen LogP contribution in [0.5, 0.6) is 5.88 Å². The van der Waals surface area contributed by atoms with Crippen LogP contribution in [0.4, 0.5) is 16.3 Å². The average molecular weight is 459 g/mol. The third kappa shape index (κ3) is 3.87. The molecular weight excluding hydrogens is 432 g/mol. The van der Waals surface area contributed by atoms with Crippen molar-refractivity contribution in [1.29, 1.82) is 0 Å². The molecule has 0 atom stereocenters. The third-order valence-corrected chi connectivity index (χ3v) is 8.93. The molecule has 10 heteroatoms. The van der Waals surface area contributed by atoms with Crippen molar-refractivity contribution >= 4 is 27.4 Å². The first-order valence-corrected chi connectivity index (χ1v) is 12.6. The summed E-state index contributed by atoms with van der Waals surface area (Å²) in [5, 5.41) is 8.85. The molecule has 0 unspecified atom stereocenters. The Hall–Kier alpha value is -2.88. The summed E-state index contributed by atoms with van der Waals surface area (Å²) < 4.78 is 31.5. The molecule has 1 aromatic heterocycles. The summed E-state index contributed by atoms with van der Waals surface area (Å²) in [6.07, 6.45) is 4.96. The maximum absolute atomic E-state index is 12.8. The summed E-state index contributed by atoms with van der Waals surface area (Å²) >= 11 is 0. The summed E-state index contributed by atoms with van der Waals surface area (Å²) in [4.78, 5) is 23.6. The zero-order valence-electron chi connectivity index (χ0n) is 17.7. The summed E-state index contributed by atoms with van der Waals surface area (Å²) in [5.74, 6) is 1.16. The van der Waals surface area contributed by atoms with E-state index in [0.29, 0.717) is 49.1 Å². The SMILES string of the molecule is O=C(O)N1CCC(Oc2cc(N3CCc4cc(S(=O)(=O)C5CCC5)ccc43)ncn2)CC1. The molecule has 2 fully saturated rings. The Balaban J connectivity index is 1.30. The number of hydrogen-bond acceptors (Lipinski definition) is 7. The van der Waals surface area contributed by atoms with Gasteiger partial charge >= 0.3 is 6.09 Å². The molecule has 3 heterocycles. The predicted molar refractivity (Wildman–Crippen MR) is 117 cm³/mol. The van der Waals surface area contributed by atoms with Crippen LogP contribution in [0.15, 0.2) is 35.5 Å². The average Bonchev–Trinajstić information content (AvgIpc) is 3.16. The zero-order chi connectivity index (χ0) is 22.3. The molecule has 0 bridgehead atoms. The Morgan fingerprint density at radius 2 is 1.84 bits per heavy atom. The number of benzene rings is 1. The monoisotopic (exact) mass is 458 g/mol. The Kier molecular flexibility index (Phi) is 5.40. The summed E-state index contributed by atoms with van der Waals surface area (Å²) in [6.45, 7) is 1.60. The zero-order valence-corrected chi connectivity index (χ0v) is 18.5. The number of piperidine rings is 1. The fourth-order valence-electron chi connectivity index (χ4n) is 4.54. The van der Waals surface area contributed by atoms with Gasteiger partial charge in [0.1, 0.15) is 18.2 Å². The highest BCUT2D eigenvalue weighted by molar-refractivity contribution is 7.92. The molecule has 1 saturated heterocycles. The van der Waals surface area contributed by atoms with Gasteiger partial charge in [0, 0.05) is 44.2 Å². The normalized spacial score (nSPS) is 19.5. The standard InChI is InChI=1S/C22H26N4O5S/c27-22(28)25-9-7-16(8-10-25)31-21-13-20(23-14-24-21)26-11-6-15-12-18(4-5-19(15)26)32(29,30)17-2-1-3-17/h4-5,12-14,16-17H,1-3,6-11H2,(H,27,28). The molecule has 1 saturated carbocycles. The van der Waals surface area contributed by atoms with E-state index < -0.39 is 15.9 Å². The van der Waals surface area contributed by atoms with Crippen LogP contribution in [0.25, 0.3) is 0 Å². The molecule has 1 amide bonds. The van der Waals surface area contributed by atoms with Gasteiger partial charge in [0.2, 0.25) is 5.88 Å². The fraction of sp³-hybridized carbons (Fsp3) is 0.500. The molecule has 170 valence electrons. The van der Waals surface area contributed by atoms with Crippen molar-refractivity contribution in [3.05, 3.63) is 36.2 Å². The molecule has 0 radical (unpaired) electrons. The molecule has 2 aliphatic heterocycles. The van der Waals surface area contributed by atoms with Gasteiger partial charge in [-0.05, 0) is 43.0 Å². The van der Waals surface area contributed by atoms with Gasteiger partial charge < -0.3 is 19.6 Å². The smallest absolute Gasteiger partial charge is 0.407 e. The van der Waals surface area contributed by atoms with Crippen LogP contribution in [0, 0.1) is 0 Å². The number of anilines is 2. The van der Waals surface area contributed by atoms with Gasteiger partial charge in [0.05, 0.1) is 10.1 Å². The molecule has 3 aliphatic rings. The lowest BCUT2D eigenvalue weighted by Gasteiger charge is -2.30. The summed E-state index contributed by atoms with van der Waals surface area (Å²) in [5.41, 5.74) is 1.96. The number of amides is 1. The lowest BCUT2D eigenvalue weighted by Crippen LogP contribution is -2.41. The van der Waals surface area contributed by atoms with E-state index in [1.165, 1.54) is 11.2 Å². The van der Waals surface area contributed by atoms with Crippen molar-refractivity contribution in [2.75, 3.05) is 24.5 Å². The van der Waals surface area contributed by atoms with E-state index in [-0.39, 0.29) is 11.4 Å². The van der Waals surface area contributed by atoms with Gasteiger partial charge in [-0.15, -0.1) is 0 Å². The molecular formula is C22H26N4O5S. The molecule has 1 N–H and O–H groups in total. The molecule has 32 heavy (non-hydrogen) atoms. The molecule has 1 aliphatic carbocycles. The van der Waals surface area contributed by atoms with Crippen LogP contribution in [0.1, 0.15) is 37.7 Å². The number of hydrogen-bond donors (Lipinski definition) is 1. The number of ether oxygens (including phenoxy) is 1. The number of likely N-dealkylation sites (tertiary alicyclic amines) is 1. The van der Waals surface area contributed by atoms with Crippen LogP contribution >= 0.6 is 0 Å². The molecule has 0 spiro atoms. The Morgan fingerprint density at radius 1 is 1.06 bits per heavy atom. The number of nitrogens with zero attached hydrogens (tertiary/aromatic N) is 4. The van der Waals surface area contributed by atoms with Crippen molar-refractivity contribution in [3.63, 3.8) is 0 Å². The van der Waals surface area contributed by atoms with Crippen molar-refractivity contribution in [2.45, 2.75) is 54.8 Å². The first-order chi connectivity index (χ1) is 15.4. The van der Waals surface area contributed by atoms with Crippen LogP contribution in [-0.2, 0) is 16.3 Å². The first kappa shape index (κ1) is 21.0. The van der Waals surface area contributed by atoms with Crippen LogP contribution < -0.4 is 9.64 Å². The Morgan fingerprint density at radius 3 is 2.53 bits per heavy atom. The minimum atomic E-state index is -3.24. The highest BCUT2D eigenvalue weighted by Gasteiger charge is 2.34. The highest BCUT2D eigenvalue weighted by atomic mass is 32.2. The second-order valence-corrected chi connectivity index (χ2v) is 10.8. The van der Waals surface area contributed by atoms with Gasteiger partial charge in [-0.25, -0.2) is 23.2 Å².